The van der Waals surface area contributed by atoms with Crippen molar-refractivity contribution in [3.63, 3.8) is 0 Å². The number of amides is 3. The molecule has 0 spiro atoms. The SMILES string of the molecule is C[C@@H](O)[C@H](NC(=O)OCc1ccccc1)C(=O)N[C@H](CC1CC1)C(N)=O. The van der Waals surface area contributed by atoms with Crippen LogP contribution in [-0.4, -0.2) is 41.2 Å². The van der Waals surface area contributed by atoms with Crippen molar-refractivity contribution in [2.24, 2.45) is 11.7 Å². The highest BCUT2D eigenvalue weighted by Crippen LogP contribution is 2.33. The molecule has 1 fully saturated rings. The maximum Gasteiger partial charge on any atom is 0.408 e. The van der Waals surface area contributed by atoms with Crippen LogP contribution in [0.2, 0.25) is 0 Å². The third kappa shape index (κ3) is 6.36. The molecule has 1 aliphatic rings. The Hall–Kier alpha value is -2.61. The fourth-order valence-corrected chi connectivity index (χ4v) is 2.49. The van der Waals surface area contributed by atoms with Gasteiger partial charge >= 0.3 is 6.09 Å². The molecule has 0 unspecified atom stereocenters. The van der Waals surface area contributed by atoms with E-state index in [1.807, 2.05) is 18.2 Å². The highest BCUT2D eigenvalue weighted by molar-refractivity contribution is 5.91. The van der Waals surface area contributed by atoms with Crippen molar-refractivity contribution in [2.45, 2.75) is 51.0 Å². The Morgan fingerprint density at radius 3 is 2.42 bits per heavy atom. The van der Waals surface area contributed by atoms with Crippen molar-refractivity contribution >= 4 is 17.9 Å². The lowest BCUT2D eigenvalue weighted by molar-refractivity contribution is -0.130. The zero-order chi connectivity index (χ0) is 19.1. The molecule has 142 valence electrons. The first kappa shape index (κ1) is 19.7. The van der Waals surface area contributed by atoms with Gasteiger partial charge in [-0.05, 0) is 24.8 Å². The molecule has 0 saturated heterocycles. The highest BCUT2D eigenvalue weighted by atomic mass is 16.5. The van der Waals surface area contributed by atoms with E-state index in [-0.39, 0.29) is 6.61 Å². The summed E-state index contributed by atoms with van der Waals surface area (Å²) < 4.78 is 5.05. The Kier molecular flexibility index (Phi) is 6.97. The van der Waals surface area contributed by atoms with Crippen molar-refractivity contribution in [2.75, 3.05) is 0 Å². The molecule has 5 N–H and O–H groups in total. The fraction of sp³-hybridized carbons (Fsp3) is 0.500. The quantitative estimate of drug-likeness (QED) is 0.505. The van der Waals surface area contributed by atoms with Crippen LogP contribution in [0.25, 0.3) is 0 Å². The number of benzene rings is 1. The van der Waals surface area contributed by atoms with Gasteiger partial charge in [0.1, 0.15) is 18.7 Å². The van der Waals surface area contributed by atoms with Crippen LogP contribution in [0.3, 0.4) is 0 Å². The van der Waals surface area contributed by atoms with Gasteiger partial charge in [0.05, 0.1) is 6.10 Å². The van der Waals surface area contributed by atoms with E-state index in [0.717, 1.165) is 18.4 Å². The third-order valence-corrected chi connectivity index (χ3v) is 4.18. The predicted octanol–water partition coefficient (Wildman–Crippen LogP) is 0.432. The molecule has 0 aliphatic heterocycles. The van der Waals surface area contributed by atoms with Gasteiger partial charge < -0.3 is 26.2 Å². The van der Waals surface area contributed by atoms with E-state index in [0.29, 0.717) is 12.3 Å². The first-order valence-corrected chi connectivity index (χ1v) is 8.61. The summed E-state index contributed by atoms with van der Waals surface area (Å²) in [6, 6.07) is 6.98. The van der Waals surface area contributed by atoms with Crippen LogP contribution in [0.5, 0.6) is 0 Å². The Morgan fingerprint density at radius 2 is 1.88 bits per heavy atom. The number of carbonyl (C=O) groups is 3. The average molecular weight is 363 g/mol. The number of aliphatic hydroxyl groups is 1. The van der Waals surface area contributed by atoms with Crippen molar-refractivity contribution < 1.29 is 24.2 Å². The van der Waals surface area contributed by atoms with Crippen LogP contribution in [0, 0.1) is 5.92 Å². The lowest BCUT2D eigenvalue weighted by atomic mass is 10.1. The van der Waals surface area contributed by atoms with Gasteiger partial charge in [-0.2, -0.15) is 0 Å². The van der Waals surface area contributed by atoms with Crippen LogP contribution in [0.1, 0.15) is 31.7 Å². The van der Waals surface area contributed by atoms with Gasteiger partial charge in [-0.25, -0.2) is 4.79 Å². The van der Waals surface area contributed by atoms with Gasteiger partial charge in [-0.15, -0.1) is 0 Å². The minimum atomic E-state index is -1.25. The van der Waals surface area contributed by atoms with Gasteiger partial charge in [0, 0.05) is 0 Å². The van der Waals surface area contributed by atoms with Crippen molar-refractivity contribution in [1.82, 2.24) is 10.6 Å². The molecule has 3 atom stereocenters. The summed E-state index contributed by atoms with van der Waals surface area (Å²) in [4.78, 5) is 35.8. The number of hydrogen-bond acceptors (Lipinski definition) is 5. The lowest BCUT2D eigenvalue weighted by Gasteiger charge is -2.23. The number of nitrogens with two attached hydrogens (primary N) is 1. The number of alkyl carbamates (subject to hydrolysis) is 1. The summed E-state index contributed by atoms with van der Waals surface area (Å²) >= 11 is 0. The Morgan fingerprint density at radius 1 is 1.23 bits per heavy atom. The van der Waals surface area contributed by atoms with Crippen LogP contribution >= 0.6 is 0 Å². The molecular formula is C18H25N3O5. The largest absolute Gasteiger partial charge is 0.445 e. The molecule has 1 saturated carbocycles. The predicted molar refractivity (Wildman–Crippen MR) is 93.7 cm³/mol. The first-order chi connectivity index (χ1) is 12.4. The highest BCUT2D eigenvalue weighted by Gasteiger charge is 2.33. The topological polar surface area (TPSA) is 131 Å². The fourth-order valence-electron chi connectivity index (χ4n) is 2.49. The molecule has 8 heteroatoms. The Bertz CT molecular complexity index is 631. The standard InChI is InChI=1S/C18H25N3O5/c1-11(22)15(17(24)20-14(16(19)23)9-12-7-8-12)21-18(25)26-10-13-5-3-2-4-6-13/h2-6,11-12,14-15,22H,7-10H2,1H3,(H2,19,23)(H,20,24)(H,21,25)/t11-,14-,15+/m1/s1. The van der Waals surface area contributed by atoms with Gasteiger partial charge in [-0.3, -0.25) is 9.59 Å². The second-order valence-electron chi connectivity index (χ2n) is 6.57. The van der Waals surface area contributed by atoms with E-state index in [9.17, 15) is 19.5 Å². The van der Waals surface area contributed by atoms with Crippen LogP contribution < -0.4 is 16.4 Å². The molecule has 3 amide bonds. The normalized spacial score (nSPS) is 16.8. The van der Waals surface area contributed by atoms with Crippen molar-refractivity contribution in [3.05, 3.63) is 35.9 Å². The number of aliphatic hydroxyl groups excluding tert-OH is 1. The van der Waals surface area contributed by atoms with Gasteiger partial charge in [0.15, 0.2) is 0 Å². The summed E-state index contributed by atoms with van der Waals surface area (Å²) in [5.74, 6) is -0.941. The van der Waals surface area contributed by atoms with Crippen molar-refractivity contribution in [1.29, 1.82) is 0 Å². The molecule has 26 heavy (non-hydrogen) atoms. The number of primary amides is 1. The minimum absolute atomic E-state index is 0.0341. The van der Waals surface area contributed by atoms with Gasteiger partial charge in [0.25, 0.3) is 0 Å². The lowest BCUT2D eigenvalue weighted by Crippen LogP contribution is -2.56. The van der Waals surface area contributed by atoms with Crippen LogP contribution in [0.15, 0.2) is 30.3 Å². The summed E-state index contributed by atoms with van der Waals surface area (Å²) in [5.41, 5.74) is 6.11. The number of carbonyl (C=O) groups excluding carboxylic acids is 3. The molecule has 0 heterocycles. The maximum atomic E-state index is 12.4. The summed E-state index contributed by atoms with van der Waals surface area (Å²) in [6.45, 7) is 1.40. The van der Waals surface area contributed by atoms with E-state index in [1.54, 1.807) is 12.1 Å². The van der Waals surface area contributed by atoms with Crippen LogP contribution in [0.4, 0.5) is 4.79 Å². The second kappa shape index (κ2) is 9.19. The number of hydrogen-bond donors (Lipinski definition) is 4. The zero-order valence-corrected chi connectivity index (χ0v) is 14.7. The van der Waals surface area contributed by atoms with E-state index in [1.165, 1.54) is 6.92 Å². The van der Waals surface area contributed by atoms with Gasteiger partial charge in [-0.1, -0.05) is 43.2 Å². The van der Waals surface area contributed by atoms with Gasteiger partial charge in [0.2, 0.25) is 11.8 Å². The number of nitrogens with one attached hydrogen (secondary N) is 2. The van der Waals surface area contributed by atoms with E-state index >= 15 is 0 Å². The Labute approximate surface area is 152 Å². The van der Waals surface area contributed by atoms with E-state index < -0.39 is 36.1 Å². The molecule has 0 aromatic heterocycles. The molecule has 8 nitrogen and oxygen atoms in total. The third-order valence-electron chi connectivity index (χ3n) is 4.18. The van der Waals surface area contributed by atoms with Crippen molar-refractivity contribution in [3.8, 4) is 0 Å². The van der Waals surface area contributed by atoms with Crippen LogP contribution in [-0.2, 0) is 20.9 Å². The molecule has 0 radical (unpaired) electrons. The average Bonchev–Trinajstić information content (AvgIpc) is 3.41. The number of ether oxygens (including phenoxy) is 1. The first-order valence-electron chi connectivity index (χ1n) is 8.61. The molecule has 1 aromatic rings. The molecule has 2 rings (SSSR count). The minimum Gasteiger partial charge on any atom is -0.445 e. The summed E-state index contributed by atoms with van der Waals surface area (Å²) in [6.07, 6.45) is 0.459. The second-order valence-corrected chi connectivity index (χ2v) is 6.57. The monoisotopic (exact) mass is 363 g/mol. The summed E-state index contributed by atoms with van der Waals surface area (Å²) in [7, 11) is 0. The van der Waals surface area contributed by atoms with E-state index in [4.69, 9.17) is 10.5 Å². The zero-order valence-electron chi connectivity index (χ0n) is 14.7. The molecule has 1 aromatic carbocycles. The molecular weight excluding hydrogens is 338 g/mol. The molecule has 1 aliphatic carbocycles. The smallest absolute Gasteiger partial charge is 0.408 e. The number of rotatable bonds is 9. The summed E-state index contributed by atoms with van der Waals surface area (Å²) in [5, 5.41) is 14.6. The Balaban J connectivity index is 1.88. The van der Waals surface area contributed by atoms with E-state index in [2.05, 4.69) is 10.6 Å². The maximum absolute atomic E-state index is 12.4. The molecule has 0 bridgehead atoms.